The number of amides is 1. The molecule has 0 unspecified atom stereocenters. The summed E-state index contributed by atoms with van der Waals surface area (Å²) in [6.45, 7) is 3.75. The molecule has 1 aromatic rings. The first-order valence-electron chi connectivity index (χ1n) is 4.31. The Morgan fingerprint density at radius 1 is 1.50 bits per heavy atom. The smallest absolute Gasteiger partial charge is 0.274 e. The second kappa shape index (κ2) is 3.79. The molecule has 0 aliphatic heterocycles. The number of rotatable bonds is 2. The zero-order valence-corrected chi connectivity index (χ0v) is 9.16. The van der Waals surface area contributed by atoms with Crippen LogP contribution in [0.3, 0.4) is 0 Å². The van der Waals surface area contributed by atoms with Crippen LogP contribution in [0.5, 0.6) is 0 Å². The molecule has 0 fully saturated rings. The first kappa shape index (κ1) is 10.7. The number of hydrogen-bond acceptors (Lipinski definition) is 3. The van der Waals surface area contributed by atoms with E-state index in [0.29, 0.717) is 5.69 Å². The van der Waals surface area contributed by atoms with Crippen molar-refractivity contribution in [3.63, 3.8) is 0 Å². The highest BCUT2D eigenvalue weighted by Crippen LogP contribution is 2.12. The van der Waals surface area contributed by atoms with E-state index >= 15 is 0 Å². The zero-order valence-electron chi connectivity index (χ0n) is 9.16. The lowest BCUT2D eigenvalue weighted by molar-refractivity contribution is -0.0763. The molecule has 0 radical (unpaired) electrons. The van der Waals surface area contributed by atoms with Crippen molar-refractivity contribution in [2.45, 2.75) is 13.8 Å². The molecule has 0 saturated carbocycles. The van der Waals surface area contributed by atoms with Crippen molar-refractivity contribution >= 4 is 5.91 Å². The fourth-order valence-corrected chi connectivity index (χ4v) is 1.29. The van der Waals surface area contributed by atoms with Crippen molar-refractivity contribution in [1.29, 1.82) is 0 Å². The quantitative estimate of drug-likeness (QED) is 0.655. The predicted molar refractivity (Wildman–Crippen MR) is 51.8 cm³/mol. The van der Waals surface area contributed by atoms with Gasteiger partial charge in [0.1, 0.15) is 5.69 Å². The van der Waals surface area contributed by atoms with Gasteiger partial charge in [-0.2, -0.15) is 5.10 Å². The number of hydrogen-bond donors (Lipinski definition) is 0. The first-order valence-corrected chi connectivity index (χ1v) is 4.31. The monoisotopic (exact) mass is 197 g/mol. The summed E-state index contributed by atoms with van der Waals surface area (Å²) in [7, 11) is 4.78. The van der Waals surface area contributed by atoms with Gasteiger partial charge in [-0.3, -0.25) is 14.3 Å². The molecule has 0 N–H and O–H groups in total. The minimum atomic E-state index is -0.187. The Morgan fingerprint density at radius 2 is 2.07 bits per heavy atom. The minimum Gasteiger partial charge on any atom is -0.274 e. The highest BCUT2D eigenvalue weighted by Gasteiger charge is 2.20. The SMILES string of the molecule is CON(C)C(=O)c1c(C)c(C)nn1C. The van der Waals surface area contributed by atoms with Gasteiger partial charge in [0.2, 0.25) is 0 Å². The maximum atomic E-state index is 11.8. The molecular weight excluding hydrogens is 182 g/mol. The molecule has 0 aliphatic carbocycles. The molecule has 0 spiro atoms. The molecule has 14 heavy (non-hydrogen) atoms. The summed E-state index contributed by atoms with van der Waals surface area (Å²) < 4.78 is 1.57. The molecule has 78 valence electrons. The van der Waals surface area contributed by atoms with Crippen molar-refractivity contribution in [2.75, 3.05) is 14.2 Å². The minimum absolute atomic E-state index is 0.187. The molecule has 1 rings (SSSR count). The summed E-state index contributed by atoms with van der Waals surface area (Å²) in [6.07, 6.45) is 0. The van der Waals surface area contributed by atoms with E-state index in [0.717, 1.165) is 11.3 Å². The van der Waals surface area contributed by atoms with Crippen LogP contribution in [0.1, 0.15) is 21.7 Å². The van der Waals surface area contributed by atoms with Crippen LogP contribution in [-0.2, 0) is 11.9 Å². The van der Waals surface area contributed by atoms with Gasteiger partial charge >= 0.3 is 0 Å². The molecule has 0 aliphatic rings. The Balaban J connectivity index is 3.12. The third-order valence-corrected chi connectivity index (χ3v) is 2.28. The van der Waals surface area contributed by atoms with E-state index < -0.39 is 0 Å². The number of aryl methyl sites for hydroxylation is 2. The van der Waals surface area contributed by atoms with E-state index in [4.69, 9.17) is 4.84 Å². The van der Waals surface area contributed by atoms with E-state index in [1.165, 1.54) is 12.2 Å². The summed E-state index contributed by atoms with van der Waals surface area (Å²) in [6, 6.07) is 0. The molecule has 0 aromatic carbocycles. The Kier molecular flexibility index (Phi) is 2.90. The molecule has 0 bridgehead atoms. The van der Waals surface area contributed by atoms with Gasteiger partial charge in [0.15, 0.2) is 0 Å². The fourth-order valence-electron chi connectivity index (χ4n) is 1.29. The largest absolute Gasteiger partial charge is 0.295 e. The van der Waals surface area contributed by atoms with Crippen molar-refractivity contribution in [2.24, 2.45) is 7.05 Å². The summed E-state index contributed by atoms with van der Waals surface area (Å²) in [5, 5.41) is 5.35. The van der Waals surface area contributed by atoms with Crippen molar-refractivity contribution in [3.8, 4) is 0 Å². The standard InChI is InChI=1S/C9H15N3O2/c1-6-7(2)10-11(3)8(6)9(13)12(4)14-5/h1-5H3. The number of carbonyl (C=O) groups excluding carboxylic acids is 1. The van der Waals surface area contributed by atoms with Crippen LogP contribution in [0.4, 0.5) is 0 Å². The summed E-state index contributed by atoms with van der Waals surface area (Å²) in [5.41, 5.74) is 2.31. The maximum Gasteiger partial charge on any atom is 0.295 e. The lowest BCUT2D eigenvalue weighted by Crippen LogP contribution is -2.28. The lowest BCUT2D eigenvalue weighted by Gasteiger charge is -2.13. The highest BCUT2D eigenvalue weighted by molar-refractivity contribution is 5.93. The van der Waals surface area contributed by atoms with Crippen LogP contribution >= 0.6 is 0 Å². The Labute approximate surface area is 83.2 Å². The van der Waals surface area contributed by atoms with E-state index in [2.05, 4.69) is 5.10 Å². The number of aromatic nitrogens is 2. The van der Waals surface area contributed by atoms with Gasteiger partial charge in [-0.05, 0) is 13.8 Å². The topological polar surface area (TPSA) is 47.4 Å². The maximum absolute atomic E-state index is 11.8. The van der Waals surface area contributed by atoms with Crippen LogP contribution < -0.4 is 0 Å². The number of nitrogens with zero attached hydrogens (tertiary/aromatic N) is 3. The molecule has 1 heterocycles. The molecule has 1 amide bonds. The van der Waals surface area contributed by atoms with Gasteiger partial charge in [-0.1, -0.05) is 0 Å². The van der Waals surface area contributed by atoms with Gasteiger partial charge in [0, 0.05) is 19.7 Å². The summed E-state index contributed by atoms with van der Waals surface area (Å²) in [5.74, 6) is -0.187. The first-order chi connectivity index (χ1) is 6.49. The van der Waals surface area contributed by atoms with Gasteiger partial charge in [0.05, 0.1) is 12.8 Å². The second-order valence-electron chi connectivity index (χ2n) is 3.17. The molecular formula is C9H15N3O2. The van der Waals surface area contributed by atoms with Gasteiger partial charge in [0.25, 0.3) is 5.91 Å². The lowest BCUT2D eigenvalue weighted by atomic mass is 10.2. The molecule has 1 aromatic heterocycles. The average Bonchev–Trinajstić information content (AvgIpc) is 2.39. The molecule has 0 atom stereocenters. The van der Waals surface area contributed by atoms with Gasteiger partial charge in [-0.25, -0.2) is 5.06 Å². The number of hydroxylamine groups is 2. The van der Waals surface area contributed by atoms with Crippen LogP contribution in [0.2, 0.25) is 0 Å². The van der Waals surface area contributed by atoms with E-state index in [1.54, 1.807) is 18.8 Å². The van der Waals surface area contributed by atoms with Crippen LogP contribution in [0, 0.1) is 13.8 Å². The summed E-state index contributed by atoms with van der Waals surface area (Å²) in [4.78, 5) is 16.6. The Bertz CT molecular complexity index is 357. The zero-order chi connectivity index (χ0) is 10.9. The fraction of sp³-hybridized carbons (Fsp3) is 0.556. The average molecular weight is 197 g/mol. The summed E-state index contributed by atoms with van der Waals surface area (Å²) >= 11 is 0. The van der Waals surface area contributed by atoms with Gasteiger partial charge < -0.3 is 0 Å². The molecule has 5 nitrogen and oxygen atoms in total. The Morgan fingerprint density at radius 3 is 2.43 bits per heavy atom. The molecule has 5 heteroatoms. The third kappa shape index (κ3) is 1.63. The van der Waals surface area contributed by atoms with Crippen molar-refractivity contribution in [1.82, 2.24) is 14.8 Å². The highest BCUT2D eigenvalue weighted by atomic mass is 16.7. The van der Waals surface area contributed by atoms with Crippen LogP contribution in [-0.4, -0.2) is 34.9 Å². The second-order valence-corrected chi connectivity index (χ2v) is 3.17. The van der Waals surface area contributed by atoms with E-state index in [-0.39, 0.29) is 5.91 Å². The normalized spacial score (nSPS) is 10.4. The molecule has 0 saturated heterocycles. The van der Waals surface area contributed by atoms with Crippen molar-refractivity contribution in [3.05, 3.63) is 17.0 Å². The Hall–Kier alpha value is -1.36. The van der Waals surface area contributed by atoms with E-state index in [9.17, 15) is 4.79 Å². The van der Waals surface area contributed by atoms with Gasteiger partial charge in [-0.15, -0.1) is 0 Å². The van der Waals surface area contributed by atoms with Crippen molar-refractivity contribution < 1.29 is 9.63 Å². The van der Waals surface area contributed by atoms with Crippen LogP contribution in [0.15, 0.2) is 0 Å². The van der Waals surface area contributed by atoms with E-state index in [1.807, 2.05) is 13.8 Å². The van der Waals surface area contributed by atoms with Crippen LogP contribution in [0.25, 0.3) is 0 Å². The number of carbonyl (C=O) groups is 1. The third-order valence-electron chi connectivity index (χ3n) is 2.28. The predicted octanol–water partition coefficient (Wildman–Crippen LogP) is 0.670.